The Hall–Kier alpha value is -1.59. The number of anilines is 1. The van der Waals surface area contributed by atoms with Crippen LogP contribution < -0.4 is 10.6 Å². The number of aryl methyl sites for hydroxylation is 2. The van der Waals surface area contributed by atoms with Crippen LogP contribution in [0.2, 0.25) is 0 Å². The third kappa shape index (κ3) is 4.45. The summed E-state index contributed by atoms with van der Waals surface area (Å²) in [6, 6.07) is 5.74. The van der Waals surface area contributed by atoms with Crippen LogP contribution in [0.3, 0.4) is 0 Å². The van der Waals surface area contributed by atoms with Gasteiger partial charge in [-0.05, 0) is 44.4 Å². The molecule has 0 aromatic heterocycles. The second-order valence-electron chi connectivity index (χ2n) is 5.66. The average molecular weight is 326 g/mol. The topological polar surface area (TPSA) is 61.4 Å². The molecule has 1 saturated heterocycles. The quantitative estimate of drug-likeness (QED) is 0.888. The number of likely N-dealkylation sites (N-methyl/N-ethyl adjacent to an activating group) is 1. The molecule has 1 aromatic rings. The lowest BCUT2D eigenvalue weighted by atomic mass is 10.1. The first-order valence-corrected chi connectivity index (χ1v) is 7.33. The van der Waals surface area contributed by atoms with E-state index in [0.717, 1.165) is 36.2 Å². The molecule has 0 bridgehead atoms. The summed E-state index contributed by atoms with van der Waals surface area (Å²) in [5.74, 6) is -0.176. The highest BCUT2D eigenvalue weighted by Gasteiger charge is 2.25. The molecule has 2 amide bonds. The fraction of sp³-hybridized carbons (Fsp3) is 0.500. The van der Waals surface area contributed by atoms with E-state index in [2.05, 4.69) is 10.6 Å². The van der Waals surface area contributed by atoms with Crippen LogP contribution in [-0.2, 0) is 9.59 Å². The largest absolute Gasteiger partial charge is 0.335 e. The van der Waals surface area contributed by atoms with Gasteiger partial charge in [-0.1, -0.05) is 18.2 Å². The fourth-order valence-corrected chi connectivity index (χ4v) is 2.65. The highest BCUT2D eigenvalue weighted by Crippen LogP contribution is 2.19. The monoisotopic (exact) mass is 325 g/mol. The molecule has 2 N–H and O–H groups in total. The van der Waals surface area contributed by atoms with E-state index in [1.807, 2.05) is 32.0 Å². The van der Waals surface area contributed by atoms with Gasteiger partial charge in [-0.25, -0.2) is 0 Å². The maximum absolute atomic E-state index is 12.2. The Morgan fingerprint density at radius 1 is 1.32 bits per heavy atom. The molecule has 1 aliphatic rings. The van der Waals surface area contributed by atoms with Gasteiger partial charge in [0, 0.05) is 12.7 Å². The van der Waals surface area contributed by atoms with E-state index in [1.165, 1.54) is 4.90 Å². The van der Waals surface area contributed by atoms with Crippen LogP contribution in [0, 0.1) is 13.8 Å². The minimum absolute atomic E-state index is 0. The van der Waals surface area contributed by atoms with Gasteiger partial charge in [-0.3, -0.25) is 9.59 Å². The molecule has 0 spiro atoms. The number of para-hydroxylation sites is 1. The van der Waals surface area contributed by atoms with Gasteiger partial charge in [-0.15, -0.1) is 12.4 Å². The molecule has 1 fully saturated rings. The Balaban J connectivity index is 0.00000242. The van der Waals surface area contributed by atoms with Crippen LogP contribution >= 0.6 is 12.4 Å². The number of carbonyl (C=O) groups is 2. The van der Waals surface area contributed by atoms with Gasteiger partial charge < -0.3 is 15.5 Å². The van der Waals surface area contributed by atoms with E-state index in [0.29, 0.717) is 0 Å². The van der Waals surface area contributed by atoms with Crippen molar-refractivity contribution in [1.29, 1.82) is 0 Å². The number of carbonyl (C=O) groups excluding carboxylic acids is 2. The van der Waals surface area contributed by atoms with Gasteiger partial charge in [-0.2, -0.15) is 0 Å². The molecule has 22 heavy (non-hydrogen) atoms. The summed E-state index contributed by atoms with van der Waals surface area (Å²) in [5.41, 5.74) is 2.88. The number of rotatable bonds is 4. The molecular weight excluding hydrogens is 302 g/mol. The van der Waals surface area contributed by atoms with Crippen LogP contribution in [0.25, 0.3) is 0 Å². The molecule has 2 rings (SSSR count). The van der Waals surface area contributed by atoms with Gasteiger partial charge in [0.15, 0.2) is 0 Å². The Labute approximate surface area is 137 Å². The summed E-state index contributed by atoms with van der Waals surface area (Å²) in [7, 11) is 1.67. The van der Waals surface area contributed by atoms with Gasteiger partial charge in [0.2, 0.25) is 11.8 Å². The summed E-state index contributed by atoms with van der Waals surface area (Å²) in [5, 5.41) is 6.06. The maximum atomic E-state index is 12.2. The zero-order chi connectivity index (χ0) is 15.4. The van der Waals surface area contributed by atoms with Crippen LogP contribution in [0.1, 0.15) is 24.0 Å². The van der Waals surface area contributed by atoms with Gasteiger partial charge in [0.05, 0.1) is 12.6 Å². The predicted octanol–water partition coefficient (Wildman–Crippen LogP) is 1.87. The molecule has 1 heterocycles. The molecule has 6 heteroatoms. The smallest absolute Gasteiger partial charge is 0.243 e. The number of amides is 2. The summed E-state index contributed by atoms with van der Waals surface area (Å²) in [6.45, 7) is 4.86. The third-order valence-corrected chi connectivity index (χ3v) is 3.86. The van der Waals surface area contributed by atoms with Crippen molar-refractivity contribution in [2.75, 3.05) is 25.5 Å². The molecule has 0 saturated carbocycles. The second kappa shape index (κ2) is 8.15. The van der Waals surface area contributed by atoms with Gasteiger partial charge in [0.25, 0.3) is 0 Å². The van der Waals surface area contributed by atoms with Crippen molar-refractivity contribution in [2.24, 2.45) is 0 Å². The standard InChI is InChI=1S/C16H23N3O2.ClH/c1-11-6-4-7-12(2)15(11)18-14(20)10-19(3)16(21)13-8-5-9-17-13;/h4,6-7,13,17H,5,8-10H2,1-3H3,(H,18,20);1H. The molecular formula is C16H24ClN3O2. The first kappa shape index (κ1) is 18.5. The van der Waals surface area contributed by atoms with E-state index in [1.54, 1.807) is 7.05 Å². The van der Waals surface area contributed by atoms with E-state index in [9.17, 15) is 9.59 Å². The summed E-state index contributed by atoms with van der Waals surface area (Å²) >= 11 is 0. The van der Waals surface area contributed by atoms with Crippen molar-refractivity contribution in [1.82, 2.24) is 10.2 Å². The van der Waals surface area contributed by atoms with Gasteiger partial charge >= 0.3 is 0 Å². The highest BCUT2D eigenvalue weighted by atomic mass is 35.5. The maximum Gasteiger partial charge on any atom is 0.243 e. The predicted molar refractivity (Wildman–Crippen MR) is 90.5 cm³/mol. The van der Waals surface area contributed by atoms with E-state index < -0.39 is 0 Å². The minimum atomic E-state index is -0.166. The molecule has 1 unspecified atom stereocenters. The fourth-order valence-electron chi connectivity index (χ4n) is 2.65. The molecule has 1 aliphatic heterocycles. The van der Waals surface area contributed by atoms with Crippen molar-refractivity contribution in [3.05, 3.63) is 29.3 Å². The zero-order valence-corrected chi connectivity index (χ0v) is 14.1. The lowest BCUT2D eigenvalue weighted by Crippen LogP contribution is -2.44. The summed E-state index contributed by atoms with van der Waals surface area (Å²) in [6.07, 6.45) is 1.86. The number of nitrogens with one attached hydrogen (secondary N) is 2. The van der Waals surface area contributed by atoms with Crippen LogP contribution in [-0.4, -0.2) is 42.9 Å². The van der Waals surface area contributed by atoms with Crippen molar-refractivity contribution in [2.45, 2.75) is 32.7 Å². The average Bonchev–Trinajstić information content (AvgIpc) is 2.96. The lowest BCUT2D eigenvalue weighted by Gasteiger charge is -2.21. The first-order chi connectivity index (χ1) is 9.99. The normalized spacial score (nSPS) is 16.8. The van der Waals surface area contributed by atoms with E-state index in [-0.39, 0.29) is 36.8 Å². The number of nitrogens with zero attached hydrogens (tertiary/aromatic N) is 1. The lowest BCUT2D eigenvalue weighted by molar-refractivity contribution is -0.134. The van der Waals surface area contributed by atoms with Crippen LogP contribution in [0.15, 0.2) is 18.2 Å². The number of benzene rings is 1. The molecule has 0 aliphatic carbocycles. The molecule has 0 radical (unpaired) electrons. The first-order valence-electron chi connectivity index (χ1n) is 7.33. The molecule has 1 aromatic carbocycles. The van der Waals surface area contributed by atoms with Crippen molar-refractivity contribution in [3.8, 4) is 0 Å². The zero-order valence-electron chi connectivity index (χ0n) is 13.3. The van der Waals surface area contributed by atoms with E-state index >= 15 is 0 Å². The molecule has 1 atom stereocenters. The second-order valence-corrected chi connectivity index (χ2v) is 5.66. The van der Waals surface area contributed by atoms with Gasteiger partial charge in [0.1, 0.15) is 0 Å². The Morgan fingerprint density at radius 2 is 1.95 bits per heavy atom. The third-order valence-electron chi connectivity index (χ3n) is 3.86. The van der Waals surface area contributed by atoms with Crippen molar-refractivity contribution in [3.63, 3.8) is 0 Å². The molecule has 5 nitrogen and oxygen atoms in total. The Kier molecular flexibility index (Phi) is 6.84. The SMILES string of the molecule is Cc1cccc(C)c1NC(=O)CN(C)C(=O)C1CCCN1.Cl. The number of hydrogen-bond acceptors (Lipinski definition) is 3. The Morgan fingerprint density at radius 3 is 2.50 bits per heavy atom. The number of hydrogen-bond donors (Lipinski definition) is 2. The summed E-state index contributed by atoms with van der Waals surface area (Å²) in [4.78, 5) is 25.8. The minimum Gasteiger partial charge on any atom is -0.335 e. The van der Waals surface area contributed by atoms with Crippen LogP contribution in [0.5, 0.6) is 0 Å². The highest BCUT2D eigenvalue weighted by molar-refractivity contribution is 5.96. The van der Waals surface area contributed by atoms with Crippen molar-refractivity contribution >= 4 is 29.9 Å². The van der Waals surface area contributed by atoms with Crippen LogP contribution in [0.4, 0.5) is 5.69 Å². The molecule has 122 valence electrons. The summed E-state index contributed by atoms with van der Waals surface area (Å²) < 4.78 is 0. The van der Waals surface area contributed by atoms with E-state index in [4.69, 9.17) is 0 Å². The number of halogens is 1. The Bertz CT molecular complexity index is 522. The van der Waals surface area contributed by atoms with Crippen molar-refractivity contribution < 1.29 is 9.59 Å².